The number of thiazole rings is 1. The van der Waals surface area contributed by atoms with Gasteiger partial charge in [-0.15, -0.1) is 0 Å². The maximum atomic E-state index is 6.45. The maximum absolute atomic E-state index is 6.45. The van der Waals surface area contributed by atoms with Gasteiger partial charge in [-0.2, -0.15) is 0 Å². The molecule has 0 fully saturated rings. The van der Waals surface area contributed by atoms with E-state index >= 15 is 0 Å². The summed E-state index contributed by atoms with van der Waals surface area (Å²) in [7, 11) is 0. The van der Waals surface area contributed by atoms with E-state index in [1.54, 1.807) is 11.3 Å². The molecule has 5 nitrogen and oxygen atoms in total. The fourth-order valence-corrected chi connectivity index (χ4v) is 4.28. The second-order valence-corrected chi connectivity index (χ2v) is 8.87. The zero-order valence-electron chi connectivity index (χ0n) is 17.5. The lowest BCUT2D eigenvalue weighted by molar-refractivity contribution is 0.896. The van der Waals surface area contributed by atoms with E-state index in [9.17, 15) is 0 Å². The lowest BCUT2D eigenvalue weighted by Gasteiger charge is -2.10. The number of hydrogen-bond donors (Lipinski definition) is 2. The highest BCUT2D eigenvalue weighted by Gasteiger charge is 2.13. The van der Waals surface area contributed by atoms with E-state index in [0.717, 1.165) is 39.9 Å². The van der Waals surface area contributed by atoms with Gasteiger partial charge < -0.3 is 10.6 Å². The van der Waals surface area contributed by atoms with Crippen LogP contribution in [0.4, 0.5) is 11.1 Å². The van der Waals surface area contributed by atoms with Crippen LogP contribution in [0.25, 0.3) is 21.8 Å². The van der Waals surface area contributed by atoms with Crippen LogP contribution >= 0.6 is 22.9 Å². The van der Waals surface area contributed by atoms with Gasteiger partial charge in [0.25, 0.3) is 0 Å². The van der Waals surface area contributed by atoms with Crippen LogP contribution in [0, 0.1) is 0 Å². The average Bonchev–Trinajstić information content (AvgIpc) is 3.22. The Bertz CT molecular complexity index is 1140. The lowest BCUT2D eigenvalue weighted by atomic mass is 10.1. The van der Waals surface area contributed by atoms with Crippen molar-refractivity contribution in [2.75, 3.05) is 17.2 Å². The van der Waals surface area contributed by atoms with Gasteiger partial charge in [-0.05, 0) is 38.0 Å². The second kappa shape index (κ2) is 9.90. The predicted molar refractivity (Wildman–Crippen MR) is 131 cm³/mol. The van der Waals surface area contributed by atoms with E-state index in [2.05, 4.69) is 53.7 Å². The van der Waals surface area contributed by atoms with E-state index in [1.807, 2.05) is 42.6 Å². The molecule has 0 amide bonds. The normalized spacial score (nSPS) is 11.0. The van der Waals surface area contributed by atoms with Gasteiger partial charge in [0, 0.05) is 29.4 Å². The first kappa shape index (κ1) is 21.3. The highest BCUT2D eigenvalue weighted by Crippen LogP contribution is 2.33. The fraction of sp³-hybridized carbons (Fsp3) is 0.208. The molecule has 4 aromatic rings. The van der Waals surface area contributed by atoms with Gasteiger partial charge in [0.05, 0.1) is 16.3 Å². The number of rotatable bonds is 8. The monoisotopic (exact) mass is 449 g/mol. The predicted octanol–water partition coefficient (Wildman–Crippen LogP) is 6.40. The van der Waals surface area contributed by atoms with E-state index in [1.165, 1.54) is 5.56 Å². The Hall–Kier alpha value is -2.96. The van der Waals surface area contributed by atoms with Crippen molar-refractivity contribution in [2.24, 2.45) is 0 Å². The van der Waals surface area contributed by atoms with Crippen LogP contribution in [0.3, 0.4) is 0 Å². The minimum absolute atomic E-state index is 0.318. The van der Waals surface area contributed by atoms with Gasteiger partial charge in [-0.1, -0.05) is 71.5 Å². The molecule has 0 saturated heterocycles. The number of benzene rings is 2. The summed E-state index contributed by atoms with van der Waals surface area (Å²) in [5.41, 5.74) is 3.75. The Morgan fingerprint density at radius 1 is 0.968 bits per heavy atom. The van der Waals surface area contributed by atoms with Crippen molar-refractivity contribution in [1.29, 1.82) is 0 Å². The first-order valence-electron chi connectivity index (χ1n) is 10.2. The van der Waals surface area contributed by atoms with Gasteiger partial charge >= 0.3 is 0 Å². The summed E-state index contributed by atoms with van der Waals surface area (Å²) in [5, 5.41) is 8.26. The summed E-state index contributed by atoms with van der Waals surface area (Å²) in [6.07, 6.45) is 2.74. The smallest absolute Gasteiger partial charge is 0.223 e. The van der Waals surface area contributed by atoms with Crippen LogP contribution in [0.5, 0.6) is 0 Å². The molecule has 0 aliphatic carbocycles. The van der Waals surface area contributed by atoms with Crippen LogP contribution in [-0.2, 0) is 6.42 Å². The Kier molecular flexibility index (Phi) is 6.79. The molecule has 0 spiro atoms. The van der Waals surface area contributed by atoms with Gasteiger partial charge in [0.1, 0.15) is 0 Å². The molecule has 4 rings (SSSR count). The Morgan fingerprint density at radius 2 is 1.71 bits per heavy atom. The number of halogens is 1. The van der Waals surface area contributed by atoms with Gasteiger partial charge in [0.2, 0.25) is 5.95 Å². The van der Waals surface area contributed by atoms with Crippen molar-refractivity contribution in [3.8, 4) is 21.8 Å². The summed E-state index contributed by atoms with van der Waals surface area (Å²) >= 11 is 8.03. The van der Waals surface area contributed by atoms with E-state index in [0.29, 0.717) is 17.0 Å². The van der Waals surface area contributed by atoms with Crippen molar-refractivity contribution in [1.82, 2.24) is 15.0 Å². The van der Waals surface area contributed by atoms with Gasteiger partial charge in [0.15, 0.2) is 5.13 Å². The number of nitrogens with one attached hydrogen (secondary N) is 2. The van der Waals surface area contributed by atoms with Crippen molar-refractivity contribution in [3.05, 3.63) is 77.4 Å². The van der Waals surface area contributed by atoms with E-state index < -0.39 is 0 Å². The number of hydrogen-bond acceptors (Lipinski definition) is 6. The Balaban J connectivity index is 1.64. The molecule has 0 aliphatic rings. The molecule has 0 aliphatic heterocycles. The summed E-state index contributed by atoms with van der Waals surface area (Å²) in [4.78, 5) is 15.0. The molecule has 2 aromatic carbocycles. The third kappa shape index (κ3) is 5.60. The zero-order chi connectivity index (χ0) is 21.6. The number of nitrogens with zero attached hydrogens (tertiary/aromatic N) is 3. The van der Waals surface area contributed by atoms with Crippen LogP contribution < -0.4 is 10.6 Å². The molecule has 0 saturated carbocycles. The van der Waals surface area contributed by atoms with E-state index in [-0.39, 0.29) is 0 Å². The Morgan fingerprint density at radius 3 is 2.48 bits per heavy atom. The van der Waals surface area contributed by atoms with Gasteiger partial charge in [-0.3, -0.25) is 0 Å². The molecule has 0 bridgehead atoms. The molecule has 2 N–H and O–H groups in total. The standard InChI is InChI=1S/C24H24ClN5S/c1-16(2)28-24-27-15-22(31-24)21-14-20(18-10-6-7-11-19(18)25)29-23(30-21)26-13-12-17-8-4-3-5-9-17/h3-11,14-16H,12-13H2,1-2H3,(H,27,28)(H,26,29,30). The minimum atomic E-state index is 0.318. The zero-order valence-corrected chi connectivity index (χ0v) is 19.0. The molecule has 2 heterocycles. The van der Waals surface area contributed by atoms with Crippen molar-refractivity contribution < 1.29 is 0 Å². The van der Waals surface area contributed by atoms with Crippen LogP contribution in [0.1, 0.15) is 19.4 Å². The summed E-state index contributed by atoms with van der Waals surface area (Å²) in [6.45, 7) is 4.92. The molecule has 0 unspecified atom stereocenters. The molecule has 0 radical (unpaired) electrons. The van der Waals surface area contributed by atoms with Crippen LogP contribution in [0.15, 0.2) is 66.9 Å². The number of aromatic nitrogens is 3. The topological polar surface area (TPSA) is 62.7 Å². The Labute approximate surface area is 191 Å². The molecule has 31 heavy (non-hydrogen) atoms. The molecular formula is C24H24ClN5S. The highest BCUT2D eigenvalue weighted by atomic mass is 35.5. The largest absolute Gasteiger partial charge is 0.359 e. The van der Waals surface area contributed by atoms with Crippen molar-refractivity contribution in [2.45, 2.75) is 26.3 Å². The summed E-state index contributed by atoms with van der Waals surface area (Å²) in [5.74, 6) is 0.579. The van der Waals surface area contributed by atoms with Crippen LogP contribution in [-0.4, -0.2) is 27.5 Å². The quantitative estimate of drug-likeness (QED) is 0.326. The molecule has 7 heteroatoms. The molecule has 0 atom stereocenters. The first-order valence-corrected chi connectivity index (χ1v) is 11.4. The third-order valence-electron chi connectivity index (χ3n) is 4.59. The van der Waals surface area contributed by atoms with Gasteiger partial charge in [-0.25, -0.2) is 15.0 Å². The molecule has 2 aromatic heterocycles. The average molecular weight is 450 g/mol. The fourth-order valence-electron chi connectivity index (χ4n) is 3.13. The summed E-state index contributed by atoms with van der Waals surface area (Å²) in [6, 6.07) is 20.4. The molecular weight excluding hydrogens is 426 g/mol. The second-order valence-electron chi connectivity index (χ2n) is 7.43. The number of anilines is 2. The highest BCUT2D eigenvalue weighted by molar-refractivity contribution is 7.18. The maximum Gasteiger partial charge on any atom is 0.223 e. The van der Waals surface area contributed by atoms with Crippen LogP contribution in [0.2, 0.25) is 5.02 Å². The first-order chi connectivity index (χ1) is 15.1. The van der Waals surface area contributed by atoms with Crippen molar-refractivity contribution in [3.63, 3.8) is 0 Å². The minimum Gasteiger partial charge on any atom is -0.359 e. The SMILES string of the molecule is CC(C)Nc1ncc(-c2cc(-c3ccccc3Cl)nc(NCCc3ccccc3)n2)s1. The molecule has 158 valence electrons. The van der Waals surface area contributed by atoms with E-state index in [4.69, 9.17) is 21.6 Å². The third-order valence-corrected chi connectivity index (χ3v) is 5.87. The lowest BCUT2D eigenvalue weighted by Crippen LogP contribution is -2.09. The summed E-state index contributed by atoms with van der Waals surface area (Å²) < 4.78 is 0. The van der Waals surface area contributed by atoms with Crippen molar-refractivity contribution >= 4 is 34.0 Å².